The Balaban J connectivity index is 2.16. The van der Waals surface area contributed by atoms with Crippen LogP contribution in [-0.2, 0) is 4.79 Å². The van der Waals surface area contributed by atoms with Crippen molar-refractivity contribution in [1.82, 2.24) is 10.2 Å². The largest absolute Gasteiger partial charge is 0.356 e. The van der Waals surface area contributed by atoms with Crippen LogP contribution >= 0.6 is 0 Å². The van der Waals surface area contributed by atoms with Gasteiger partial charge in [0.25, 0.3) is 0 Å². The van der Waals surface area contributed by atoms with Crippen molar-refractivity contribution in [2.24, 2.45) is 5.92 Å². The summed E-state index contributed by atoms with van der Waals surface area (Å²) in [7, 11) is 0. The topological polar surface area (TPSA) is 32.3 Å². The van der Waals surface area contributed by atoms with Crippen LogP contribution in [0.3, 0.4) is 0 Å². The molecule has 0 unspecified atom stereocenters. The van der Waals surface area contributed by atoms with E-state index in [1.165, 1.54) is 38.9 Å². The van der Waals surface area contributed by atoms with Crippen LogP contribution < -0.4 is 5.32 Å². The van der Waals surface area contributed by atoms with Gasteiger partial charge in [0.15, 0.2) is 0 Å². The first-order chi connectivity index (χ1) is 7.26. The molecular formula is C12H24N2O. The Bertz CT molecular complexity index is 186. The summed E-state index contributed by atoms with van der Waals surface area (Å²) in [6.45, 7) is 8.53. The molecule has 1 amide bonds. The first-order valence-electron chi connectivity index (χ1n) is 6.25. The lowest BCUT2D eigenvalue weighted by Crippen LogP contribution is -2.36. The normalized spacial score (nSPS) is 19.1. The second-order valence-electron chi connectivity index (χ2n) is 4.44. The maximum atomic E-state index is 11.4. The van der Waals surface area contributed by atoms with E-state index in [0.29, 0.717) is 5.92 Å². The van der Waals surface area contributed by atoms with Gasteiger partial charge in [-0.3, -0.25) is 4.79 Å². The number of hydrogen-bond donors (Lipinski definition) is 1. The van der Waals surface area contributed by atoms with Crippen molar-refractivity contribution in [2.45, 2.75) is 39.5 Å². The zero-order valence-electron chi connectivity index (χ0n) is 10.1. The second-order valence-corrected chi connectivity index (χ2v) is 4.44. The number of nitrogens with zero attached hydrogens (tertiary/aromatic N) is 1. The highest BCUT2D eigenvalue weighted by atomic mass is 16.1. The van der Waals surface area contributed by atoms with Gasteiger partial charge in [0.1, 0.15) is 0 Å². The van der Waals surface area contributed by atoms with E-state index in [0.717, 1.165) is 13.0 Å². The lowest BCUT2D eigenvalue weighted by atomic mass is 9.93. The van der Waals surface area contributed by atoms with Crippen molar-refractivity contribution in [1.29, 1.82) is 0 Å². The van der Waals surface area contributed by atoms with Crippen molar-refractivity contribution >= 4 is 5.91 Å². The number of piperidine rings is 1. The predicted molar refractivity (Wildman–Crippen MR) is 62.8 cm³/mol. The summed E-state index contributed by atoms with van der Waals surface area (Å²) in [5.41, 5.74) is 0. The average molecular weight is 212 g/mol. The Hall–Kier alpha value is -0.570. The molecule has 0 aliphatic carbocycles. The number of nitrogens with one attached hydrogen (secondary N) is 1. The lowest BCUT2D eigenvalue weighted by Gasteiger charge is -2.31. The third kappa shape index (κ3) is 4.65. The molecule has 88 valence electrons. The molecule has 0 atom stereocenters. The van der Waals surface area contributed by atoms with Crippen LogP contribution in [0.2, 0.25) is 0 Å². The third-order valence-corrected chi connectivity index (χ3v) is 3.10. The molecule has 1 fully saturated rings. The summed E-state index contributed by atoms with van der Waals surface area (Å²) in [4.78, 5) is 13.9. The second kappa shape index (κ2) is 6.83. The van der Waals surface area contributed by atoms with Crippen molar-refractivity contribution in [3.8, 4) is 0 Å². The molecule has 1 rings (SSSR count). The van der Waals surface area contributed by atoms with E-state index in [2.05, 4.69) is 17.1 Å². The molecule has 3 heteroatoms. The van der Waals surface area contributed by atoms with Gasteiger partial charge < -0.3 is 10.2 Å². The molecule has 1 heterocycles. The van der Waals surface area contributed by atoms with Crippen LogP contribution in [0.15, 0.2) is 0 Å². The van der Waals surface area contributed by atoms with Crippen molar-refractivity contribution in [3.05, 3.63) is 0 Å². The van der Waals surface area contributed by atoms with E-state index >= 15 is 0 Å². The summed E-state index contributed by atoms with van der Waals surface area (Å²) in [5.74, 6) is 0.844. The number of amides is 1. The minimum absolute atomic E-state index is 0.228. The van der Waals surface area contributed by atoms with E-state index in [1.807, 2.05) is 6.92 Å². The fraction of sp³-hybridized carbons (Fsp3) is 0.917. The van der Waals surface area contributed by atoms with Gasteiger partial charge in [0.05, 0.1) is 0 Å². The van der Waals surface area contributed by atoms with E-state index in [4.69, 9.17) is 0 Å². The van der Waals surface area contributed by atoms with Gasteiger partial charge in [-0.05, 0) is 51.7 Å². The molecule has 1 aliphatic rings. The van der Waals surface area contributed by atoms with Crippen molar-refractivity contribution in [3.63, 3.8) is 0 Å². The minimum atomic E-state index is 0.228. The van der Waals surface area contributed by atoms with Crippen LogP contribution in [0.25, 0.3) is 0 Å². The third-order valence-electron chi connectivity index (χ3n) is 3.10. The molecule has 0 aromatic carbocycles. The highest BCUT2D eigenvalue weighted by Gasteiger charge is 2.20. The van der Waals surface area contributed by atoms with E-state index < -0.39 is 0 Å². The first-order valence-corrected chi connectivity index (χ1v) is 6.25. The van der Waals surface area contributed by atoms with Gasteiger partial charge in [-0.15, -0.1) is 0 Å². The molecule has 0 saturated carbocycles. The summed E-state index contributed by atoms with van der Waals surface area (Å²) >= 11 is 0. The van der Waals surface area contributed by atoms with Crippen molar-refractivity contribution in [2.75, 3.05) is 26.2 Å². The SMILES string of the molecule is CCCN1CCC(CC(=O)NCC)CC1. The smallest absolute Gasteiger partial charge is 0.220 e. The van der Waals surface area contributed by atoms with Gasteiger partial charge in [-0.25, -0.2) is 0 Å². The van der Waals surface area contributed by atoms with Crippen molar-refractivity contribution < 1.29 is 4.79 Å². The van der Waals surface area contributed by atoms with Gasteiger partial charge in [-0.2, -0.15) is 0 Å². The molecule has 0 spiro atoms. The minimum Gasteiger partial charge on any atom is -0.356 e. The van der Waals surface area contributed by atoms with Crippen LogP contribution in [0.5, 0.6) is 0 Å². The summed E-state index contributed by atoms with van der Waals surface area (Å²) in [5, 5.41) is 2.88. The molecule has 1 saturated heterocycles. The monoisotopic (exact) mass is 212 g/mol. The van der Waals surface area contributed by atoms with Gasteiger partial charge >= 0.3 is 0 Å². The van der Waals surface area contributed by atoms with E-state index in [1.54, 1.807) is 0 Å². The predicted octanol–water partition coefficient (Wildman–Crippen LogP) is 1.63. The average Bonchev–Trinajstić information content (AvgIpc) is 2.22. The molecular weight excluding hydrogens is 188 g/mol. The standard InChI is InChI=1S/C12H24N2O/c1-3-7-14-8-5-11(6-9-14)10-12(15)13-4-2/h11H,3-10H2,1-2H3,(H,13,15). The number of carbonyl (C=O) groups excluding carboxylic acids is 1. The number of hydrogen-bond acceptors (Lipinski definition) is 2. The molecule has 0 bridgehead atoms. The summed E-state index contributed by atoms with van der Waals surface area (Å²) in [6.07, 6.45) is 4.35. The Morgan fingerprint density at radius 2 is 2.00 bits per heavy atom. The van der Waals surface area contributed by atoms with Gasteiger partial charge in [-0.1, -0.05) is 6.92 Å². The highest BCUT2D eigenvalue weighted by molar-refractivity contribution is 5.76. The van der Waals surface area contributed by atoms with Crippen LogP contribution in [0, 0.1) is 5.92 Å². The van der Waals surface area contributed by atoms with Crippen LogP contribution in [0.1, 0.15) is 39.5 Å². The maximum Gasteiger partial charge on any atom is 0.220 e. The molecule has 0 aromatic heterocycles. The lowest BCUT2D eigenvalue weighted by molar-refractivity contribution is -0.122. The zero-order valence-corrected chi connectivity index (χ0v) is 10.1. The molecule has 3 nitrogen and oxygen atoms in total. The molecule has 15 heavy (non-hydrogen) atoms. The van der Waals surface area contributed by atoms with E-state index in [9.17, 15) is 4.79 Å². The summed E-state index contributed by atoms with van der Waals surface area (Å²) < 4.78 is 0. The number of likely N-dealkylation sites (tertiary alicyclic amines) is 1. The molecule has 1 N–H and O–H groups in total. The van der Waals surface area contributed by atoms with Gasteiger partial charge in [0.2, 0.25) is 5.91 Å². The van der Waals surface area contributed by atoms with Crippen LogP contribution in [0.4, 0.5) is 0 Å². The quantitative estimate of drug-likeness (QED) is 0.751. The number of rotatable bonds is 5. The summed E-state index contributed by atoms with van der Waals surface area (Å²) in [6, 6.07) is 0. The zero-order chi connectivity index (χ0) is 11.1. The Kier molecular flexibility index (Phi) is 5.69. The Morgan fingerprint density at radius 1 is 1.33 bits per heavy atom. The van der Waals surface area contributed by atoms with Gasteiger partial charge in [0, 0.05) is 13.0 Å². The number of carbonyl (C=O) groups is 1. The fourth-order valence-electron chi connectivity index (χ4n) is 2.26. The maximum absolute atomic E-state index is 11.4. The first kappa shape index (κ1) is 12.5. The fourth-order valence-corrected chi connectivity index (χ4v) is 2.26. The Morgan fingerprint density at radius 3 is 2.53 bits per heavy atom. The Labute approximate surface area is 93.2 Å². The highest BCUT2D eigenvalue weighted by Crippen LogP contribution is 2.20. The van der Waals surface area contributed by atoms with Crippen LogP contribution in [-0.4, -0.2) is 37.0 Å². The molecule has 1 aliphatic heterocycles. The molecule has 0 radical (unpaired) electrons. The molecule has 0 aromatic rings. The van der Waals surface area contributed by atoms with E-state index in [-0.39, 0.29) is 5.91 Å².